The van der Waals surface area contributed by atoms with E-state index in [9.17, 15) is 14.4 Å². The first-order valence-electron chi connectivity index (χ1n) is 7.47. The van der Waals surface area contributed by atoms with Gasteiger partial charge in [0.2, 0.25) is 5.91 Å². The van der Waals surface area contributed by atoms with Crippen molar-refractivity contribution >= 4 is 17.8 Å². The molecule has 1 aliphatic heterocycles. The molecule has 9 nitrogen and oxygen atoms in total. The van der Waals surface area contributed by atoms with Crippen molar-refractivity contribution in [3.63, 3.8) is 0 Å². The molecule has 1 aliphatic rings. The fourth-order valence-corrected chi connectivity index (χ4v) is 2.66. The van der Waals surface area contributed by atoms with E-state index in [0.717, 1.165) is 0 Å². The molecule has 1 rings (SSSR count). The Morgan fingerprint density at radius 1 is 1.00 bits per heavy atom. The zero-order valence-corrected chi connectivity index (χ0v) is 14.8. The molecule has 5 atom stereocenters. The maximum absolute atomic E-state index is 11.8. The van der Waals surface area contributed by atoms with E-state index in [1.54, 1.807) is 0 Å². The van der Waals surface area contributed by atoms with Crippen molar-refractivity contribution in [2.24, 2.45) is 0 Å². The average molecular weight is 347 g/mol. The Kier molecular flexibility index (Phi) is 7.59. The predicted octanol–water partition coefficient (Wildman–Crippen LogP) is -0.286. The van der Waals surface area contributed by atoms with Crippen molar-refractivity contribution in [3.05, 3.63) is 0 Å². The number of hydrogen-bond acceptors (Lipinski definition) is 8. The van der Waals surface area contributed by atoms with Crippen LogP contribution in [-0.2, 0) is 38.1 Å². The van der Waals surface area contributed by atoms with E-state index in [1.165, 1.54) is 46.9 Å². The maximum atomic E-state index is 11.8. The second-order valence-electron chi connectivity index (χ2n) is 5.50. The van der Waals surface area contributed by atoms with Crippen molar-refractivity contribution in [3.8, 4) is 0 Å². The fraction of sp³-hybridized carbons (Fsp3) is 0.800. The first-order chi connectivity index (χ1) is 11.2. The van der Waals surface area contributed by atoms with Crippen LogP contribution in [-0.4, -0.2) is 81.3 Å². The van der Waals surface area contributed by atoms with Gasteiger partial charge in [0.15, 0.2) is 18.5 Å². The molecule has 9 heteroatoms. The van der Waals surface area contributed by atoms with Crippen LogP contribution < -0.4 is 0 Å². The van der Waals surface area contributed by atoms with E-state index in [2.05, 4.69) is 0 Å². The number of ether oxygens (including phenoxy) is 5. The van der Waals surface area contributed by atoms with Gasteiger partial charge in [-0.1, -0.05) is 0 Å². The number of nitrogens with zero attached hydrogens (tertiary/aromatic N) is 1. The lowest BCUT2D eigenvalue weighted by Gasteiger charge is -2.47. The highest BCUT2D eigenvalue weighted by molar-refractivity contribution is 5.73. The van der Waals surface area contributed by atoms with Crippen LogP contribution in [0.3, 0.4) is 0 Å². The largest absolute Gasteiger partial charge is 0.456 e. The number of rotatable bonds is 6. The Labute approximate surface area is 141 Å². The molecule has 1 heterocycles. The summed E-state index contributed by atoms with van der Waals surface area (Å²) in [6.45, 7) is 3.92. The lowest BCUT2D eigenvalue weighted by molar-refractivity contribution is -0.284. The molecule has 138 valence electrons. The average Bonchev–Trinajstić information content (AvgIpc) is 2.48. The number of carbonyl (C=O) groups is 3. The topological polar surface area (TPSA) is 101 Å². The monoisotopic (exact) mass is 347 g/mol. The molecule has 0 spiro atoms. The summed E-state index contributed by atoms with van der Waals surface area (Å²) in [6.07, 6.45) is -3.50. The summed E-state index contributed by atoms with van der Waals surface area (Å²) in [4.78, 5) is 36.2. The molecule has 24 heavy (non-hydrogen) atoms. The van der Waals surface area contributed by atoms with Crippen molar-refractivity contribution in [2.75, 3.05) is 27.9 Å². The molecular formula is C15H25NO8. The van der Waals surface area contributed by atoms with Gasteiger partial charge in [0.25, 0.3) is 0 Å². The summed E-state index contributed by atoms with van der Waals surface area (Å²) >= 11 is 0. The van der Waals surface area contributed by atoms with Crippen LogP contribution in [0.4, 0.5) is 0 Å². The molecule has 0 radical (unpaired) electrons. The summed E-state index contributed by atoms with van der Waals surface area (Å²) in [5, 5.41) is 0. The van der Waals surface area contributed by atoms with Crippen LogP contribution >= 0.6 is 0 Å². The van der Waals surface area contributed by atoms with Crippen LogP contribution in [0.15, 0.2) is 0 Å². The molecule has 5 unspecified atom stereocenters. The van der Waals surface area contributed by atoms with Crippen LogP contribution in [0.2, 0.25) is 0 Å². The minimum Gasteiger partial charge on any atom is -0.456 e. The lowest BCUT2D eigenvalue weighted by atomic mass is 9.95. The number of carbonyl (C=O) groups excluding carboxylic acids is 3. The van der Waals surface area contributed by atoms with Gasteiger partial charge in [-0.15, -0.1) is 0 Å². The Morgan fingerprint density at radius 3 is 1.96 bits per heavy atom. The molecule has 0 aliphatic carbocycles. The Bertz CT molecular complexity index is 468. The third-order valence-electron chi connectivity index (χ3n) is 3.73. The number of amides is 1. The van der Waals surface area contributed by atoms with Gasteiger partial charge in [-0.25, -0.2) is 0 Å². The first kappa shape index (κ1) is 20.3. The Balaban J connectivity index is 3.28. The summed E-state index contributed by atoms with van der Waals surface area (Å²) < 4.78 is 26.9. The zero-order valence-electron chi connectivity index (χ0n) is 14.8. The molecule has 1 fully saturated rings. The highest BCUT2D eigenvalue weighted by Crippen LogP contribution is 2.30. The van der Waals surface area contributed by atoms with Gasteiger partial charge in [0.05, 0.1) is 6.61 Å². The molecule has 1 amide bonds. The first-order valence-corrected chi connectivity index (χ1v) is 7.47. The fourth-order valence-electron chi connectivity index (χ4n) is 2.66. The van der Waals surface area contributed by atoms with Crippen LogP contribution in [0.5, 0.6) is 0 Å². The Hall–Kier alpha value is -1.71. The van der Waals surface area contributed by atoms with Crippen molar-refractivity contribution in [1.82, 2.24) is 4.90 Å². The summed E-state index contributed by atoms with van der Waals surface area (Å²) in [5.74, 6) is -1.43. The molecule has 1 saturated heterocycles. The third-order valence-corrected chi connectivity index (χ3v) is 3.73. The van der Waals surface area contributed by atoms with Gasteiger partial charge in [0.1, 0.15) is 12.1 Å². The third kappa shape index (κ3) is 4.89. The molecular weight excluding hydrogens is 322 g/mol. The van der Waals surface area contributed by atoms with Gasteiger partial charge >= 0.3 is 11.9 Å². The number of methoxy groups -OCH3 is 2. The van der Waals surface area contributed by atoms with Gasteiger partial charge in [-0.2, -0.15) is 0 Å². The van der Waals surface area contributed by atoms with E-state index >= 15 is 0 Å². The number of hydrogen-bond donors (Lipinski definition) is 0. The second-order valence-corrected chi connectivity index (χ2v) is 5.50. The summed E-state index contributed by atoms with van der Waals surface area (Å²) in [5.41, 5.74) is 0. The van der Waals surface area contributed by atoms with E-state index in [4.69, 9.17) is 23.7 Å². The quantitative estimate of drug-likeness (QED) is 0.605. The normalized spacial score (nSPS) is 29.7. The Morgan fingerprint density at radius 2 is 1.54 bits per heavy atom. The zero-order chi connectivity index (χ0) is 18.4. The van der Waals surface area contributed by atoms with E-state index in [-0.39, 0.29) is 12.5 Å². The maximum Gasteiger partial charge on any atom is 0.303 e. The van der Waals surface area contributed by atoms with Crippen molar-refractivity contribution in [1.29, 1.82) is 0 Å². The summed E-state index contributed by atoms with van der Waals surface area (Å²) in [6, 6.07) is -0.783. The predicted molar refractivity (Wildman–Crippen MR) is 80.9 cm³/mol. The molecule has 0 saturated carbocycles. The molecule has 0 aromatic carbocycles. The number of likely N-dealkylation sites (N-methyl/N-ethyl adjacent to an activating group) is 1. The van der Waals surface area contributed by atoms with E-state index in [1.807, 2.05) is 0 Å². The standard InChI is InChI=1S/C15H25NO8/c1-8(17)16(4)12-14(23-10(3)19)13(22-9(2)18)11(7-20-5)24-15(12)21-6/h11-15H,7H2,1-6H3. The van der Waals surface area contributed by atoms with Gasteiger partial charge in [-0.3, -0.25) is 14.4 Å². The number of esters is 2. The minimum atomic E-state index is -0.959. The van der Waals surface area contributed by atoms with Crippen molar-refractivity contribution < 1.29 is 38.1 Å². The SMILES string of the molecule is COCC1OC(OC)C(N(C)C(C)=O)C(OC(C)=O)C1OC(C)=O. The molecule has 0 aromatic rings. The smallest absolute Gasteiger partial charge is 0.303 e. The lowest BCUT2D eigenvalue weighted by Crippen LogP contribution is -2.66. The second kappa shape index (κ2) is 8.95. The molecule has 0 bridgehead atoms. The highest BCUT2D eigenvalue weighted by atomic mass is 16.7. The van der Waals surface area contributed by atoms with Gasteiger partial charge in [0, 0.05) is 42.0 Å². The van der Waals surface area contributed by atoms with Crippen LogP contribution in [0, 0.1) is 0 Å². The van der Waals surface area contributed by atoms with Crippen LogP contribution in [0.1, 0.15) is 20.8 Å². The molecule has 0 aromatic heterocycles. The highest BCUT2D eigenvalue weighted by Gasteiger charge is 2.52. The summed E-state index contributed by atoms with van der Waals surface area (Å²) in [7, 11) is 4.40. The van der Waals surface area contributed by atoms with Gasteiger partial charge < -0.3 is 28.6 Å². The van der Waals surface area contributed by atoms with Crippen molar-refractivity contribution in [2.45, 2.75) is 51.4 Å². The van der Waals surface area contributed by atoms with E-state index < -0.39 is 42.6 Å². The molecule has 0 N–H and O–H groups in total. The van der Waals surface area contributed by atoms with E-state index in [0.29, 0.717) is 0 Å². The van der Waals surface area contributed by atoms with Gasteiger partial charge in [-0.05, 0) is 0 Å². The minimum absolute atomic E-state index is 0.0894. The van der Waals surface area contributed by atoms with Crippen LogP contribution in [0.25, 0.3) is 0 Å².